The summed E-state index contributed by atoms with van der Waals surface area (Å²) in [4.78, 5) is 7.56. The number of aromatic nitrogens is 3. The Bertz CT molecular complexity index is 2230. The van der Waals surface area contributed by atoms with E-state index in [0.717, 1.165) is 39.7 Å². The largest absolute Gasteiger partial charge is 0.309 e. The molecule has 0 saturated carbocycles. The molecule has 1 aliphatic heterocycles. The highest BCUT2D eigenvalue weighted by atomic mass is 15.3. The van der Waals surface area contributed by atoms with E-state index in [1.807, 2.05) is 0 Å². The standard InChI is InChI=1S/C37H24N4/c1-6-19-32-27(14-1)28-15-2-7-20-33(28)39(32)25-12-11-13-26(24-25)40-34-21-8-3-16-29(34)30-17-4-9-22-35(30)41-36-23-10-5-18-31(36)38-37(40)41/h1-24H. The van der Waals surface area contributed by atoms with E-state index in [1.165, 1.54) is 32.9 Å². The number of fused-ring (bicyclic) bond motifs is 10. The molecular weight excluding hydrogens is 500 g/mol. The van der Waals surface area contributed by atoms with Crippen molar-refractivity contribution in [2.75, 3.05) is 4.90 Å². The van der Waals surface area contributed by atoms with Crippen LogP contribution in [0.4, 0.5) is 17.3 Å². The Hall–Kier alpha value is -5.61. The van der Waals surface area contributed by atoms with Crippen LogP contribution in [0.2, 0.25) is 0 Å². The Kier molecular flexibility index (Phi) is 4.58. The maximum Gasteiger partial charge on any atom is 0.220 e. The summed E-state index contributed by atoms with van der Waals surface area (Å²) in [5.74, 6) is 0.878. The Morgan fingerprint density at radius 1 is 0.415 bits per heavy atom. The topological polar surface area (TPSA) is 26.0 Å². The molecule has 0 radical (unpaired) electrons. The highest BCUT2D eigenvalue weighted by Crippen LogP contribution is 2.47. The van der Waals surface area contributed by atoms with E-state index < -0.39 is 0 Å². The lowest BCUT2D eigenvalue weighted by atomic mass is 10.0. The molecule has 6 aromatic carbocycles. The molecule has 4 nitrogen and oxygen atoms in total. The summed E-state index contributed by atoms with van der Waals surface area (Å²) < 4.78 is 4.67. The van der Waals surface area contributed by atoms with E-state index in [0.29, 0.717) is 0 Å². The molecule has 0 atom stereocenters. The maximum atomic E-state index is 5.24. The molecule has 0 fully saturated rings. The van der Waals surface area contributed by atoms with Gasteiger partial charge in [-0.3, -0.25) is 9.47 Å². The predicted octanol–water partition coefficient (Wildman–Crippen LogP) is 9.57. The van der Waals surface area contributed by atoms with Gasteiger partial charge in [-0.25, -0.2) is 4.98 Å². The second-order valence-electron chi connectivity index (χ2n) is 10.5. The maximum absolute atomic E-state index is 5.24. The number of rotatable bonds is 2. The summed E-state index contributed by atoms with van der Waals surface area (Å²) >= 11 is 0. The second-order valence-corrected chi connectivity index (χ2v) is 10.5. The highest BCUT2D eigenvalue weighted by Gasteiger charge is 2.29. The van der Waals surface area contributed by atoms with Gasteiger partial charge in [0.1, 0.15) is 0 Å². The van der Waals surface area contributed by atoms with Crippen molar-refractivity contribution < 1.29 is 0 Å². The van der Waals surface area contributed by atoms with Crippen LogP contribution >= 0.6 is 0 Å². The number of nitrogens with zero attached hydrogens (tertiary/aromatic N) is 4. The molecule has 4 heteroatoms. The number of para-hydroxylation sites is 6. The molecule has 192 valence electrons. The average Bonchev–Trinajstić information content (AvgIpc) is 3.54. The smallest absolute Gasteiger partial charge is 0.220 e. The van der Waals surface area contributed by atoms with Gasteiger partial charge < -0.3 is 4.57 Å². The van der Waals surface area contributed by atoms with Crippen LogP contribution in [0.15, 0.2) is 146 Å². The quantitative estimate of drug-likeness (QED) is 0.225. The molecule has 0 aliphatic carbocycles. The molecule has 0 unspecified atom stereocenters. The van der Waals surface area contributed by atoms with Crippen molar-refractivity contribution in [3.05, 3.63) is 146 Å². The molecule has 8 aromatic rings. The van der Waals surface area contributed by atoms with Crippen LogP contribution in [0.25, 0.3) is 55.3 Å². The molecule has 0 N–H and O–H groups in total. The Morgan fingerprint density at radius 2 is 0.976 bits per heavy atom. The highest BCUT2D eigenvalue weighted by molar-refractivity contribution is 6.09. The summed E-state index contributed by atoms with van der Waals surface area (Å²) in [6.45, 7) is 0. The van der Waals surface area contributed by atoms with Gasteiger partial charge in [0.25, 0.3) is 0 Å². The lowest BCUT2D eigenvalue weighted by Crippen LogP contribution is -2.14. The van der Waals surface area contributed by atoms with E-state index in [2.05, 4.69) is 160 Å². The first-order valence-electron chi connectivity index (χ1n) is 13.9. The fourth-order valence-electron chi connectivity index (χ4n) is 6.53. The van der Waals surface area contributed by atoms with Crippen molar-refractivity contribution in [1.29, 1.82) is 0 Å². The predicted molar refractivity (Wildman–Crippen MR) is 169 cm³/mol. The van der Waals surface area contributed by atoms with Crippen LogP contribution in [-0.2, 0) is 0 Å². The van der Waals surface area contributed by atoms with E-state index in [-0.39, 0.29) is 0 Å². The zero-order valence-electron chi connectivity index (χ0n) is 22.1. The molecule has 3 heterocycles. The van der Waals surface area contributed by atoms with Crippen LogP contribution in [0.3, 0.4) is 0 Å². The number of benzene rings is 6. The van der Waals surface area contributed by atoms with E-state index in [1.54, 1.807) is 0 Å². The molecular formula is C37H24N4. The summed E-state index contributed by atoms with van der Waals surface area (Å²) in [6.07, 6.45) is 0. The summed E-state index contributed by atoms with van der Waals surface area (Å²) in [5, 5.41) is 2.51. The van der Waals surface area contributed by atoms with Gasteiger partial charge in [-0.1, -0.05) is 91.0 Å². The fourth-order valence-corrected chi connectivity index (χ4v) is 6.53. The number of anilines is 3. The molecule has 41 heavy (non-hydrogen) atoms. The minimum Gasteiger partial charge on any atom is -0.309 e. The normalized spacial score (nSPS) is 12.3. The van der Waals surface area contributed by atoms with Crippen LogP contribution in [0.5, 0.6) is 0 Å². The van der Waals surface area contributed by atoms with E-state index >= 15 is 0 Å². The summed E-state index contributed by atoms with van der Waals surface area (Å²) in [5.41, 5.74) is 11.2. The third kappa shape index (κ3) is 3.13. The summed E-state index contributed by atoms with van der Waals surface area (Å²) in [6, 6.07) is 51.8. The van der Waals surface area contributed by atoms with Gasteiger partial charge in [-0.15, -0.1) is 0 Å². The molecule has 1 aliphatic rings. The van der Waals surface area contributed by atoms with Gasteiger partial charge in [0, 0.05) is 27.6 Å². The van der Waals surface area contributed by atoms with Crippen molar-refractivity contribution in [1.82, 2.24) is 14.1 Å². The monoisotopic (exact) mass is 524 g/mol. The second kappa shape index (κ2) is 8.44. The van der Waals surface area contributed by atoms with Crippen LogP contribution in [0, 0.1) is 0 Å². The molecule has 9 rings (SSSR count). The Labute approximate surface area is 237 Å². The third-order valence-electron chi connectivity index (χ3n) is 8.25. The first kappa shape index (κ1) is 22.2. The van der Waals surface area contributed by atoms with Crippen molar-refractivity contribution in [2.24, 2.45) is 0 Å². The SMILES string of the molecule is c1cc(N2c3ccccc3-c3ccccc3-n3c2nc2ccccc23)cc(-n2c3ccccc3c3ccccc32)c1. The van der Waals surface area contributed by atoms with Gasteiger partial charge >= 0.3 is 0 Å². The first-order valence-corrected chi connectivity index (χ1v) is 13.9. The van der Waals surface area contributed by atoms with E-state index in [9.17, 15) is 0 Å². The number of imidazole rings is 1. The van der Waals surface area contributed by atoms with E-state index in [4.69, 9.17) is 4.98 Å². The number of hydrogen-bond acceptors (Lipinski definition) is 2. The lowest BCUT2D eigenvalue weighted by Gasteiger charge is -2.25. The van der Waals surface area contributed by atoms with Gasteiger partial charge in [-0.05, 0) is 54.6 Å². The molecule has 0 bridgehead atoms. The fraction of sp³-hybridized carbons (Fsp3) is 0. The van der Waals surface area contributed by atoms with Crippen molar-refractivity contribution >= 4 is 50.2 Å². The summed E-state index contributed by atoms with van der Waals surface area (Å²) in [7, 11) is 0. The molecule has 0 saturated heterocycles. The zero-order valence-corrected chi connectivity index (χ0v) is 22.1. The van der Waals surface area contributed by atoms with Gasteiger partial charge in [0.15, 0.2) is 0 Å². The van der Waals surface area contributed by atoms with Crippen molar-refractivity contribution in [2.45, 2.75) is 0 Å². The lowest BCUT2D eigenvalue weighted by molar-refractivity contribution is 1.05. The van der Waals surface area contributed by atoms with Crippen molar-refractivity contribution in [3.63, 3.8) is 0 Å². The van der Waals surface area contributed by atoms with Crippen molar-refractivity contribution in [3.8, 4) is 22.5 Å². The number of hydrogen-bond donors (Lipinski definition) is 0. The Morgan fingerprint density at radius 3 is 1.73 bits per heavy atom. The zero-order chi connectivity index (χ0) is 26.9. The van der Waals surface area contributed by atoms with Gasteiger partial charge in [0.05, 0.1) is 39.1 Å². The minimum atomic E-state index is 0.878. The van der Waals surface area contributed by atoms with Crippen LogP contribution in [0.1, 0.15) is 0 Å². The van der Waals surface area contributed by atoms with Gasteiger partial charge in [0.2, 0.25) is 5.95 Å². The molecule has 2 aromatic heterocycles. The average molecular weight is 525 g/mol. The third-order valence-corrected chi connectivity index (χ3v) is 8.25. The van der Waals surface area contributed by atoms with Crippen LogP contribution < -0.4 is 4.90 Å². The molecule has 0 spiro atoms. The van der Waals surface area contributed by atoms with Gasteiger partial charge in [-0.2, -0.15) is 0 Å². The first-order chi connectivity index (χ1) is 20.4. The molecule has 0 amide bonds. The Balaban J connectivity index is 1.36. The van der Waals surface area contributed by atoms with Crippen LogP contribution in [-0.4, -0.2) is 14.1 Å². The minimum absolute atomic E-state index is 0.878.